The maximum atomic E-state index is 12.6. The Kier molecular flexibility index (Phi) is 28.6. The number of hydrogen-bond donors (Lipinski definition) is 0. The third-order valence-electron chi connectivity index (χ3n) is 8.49. The Balaban J connectivity index is 4.25. The molecular weight excluding hydrogens is 570 g/mol. The standard InChI is InChI=1S/C37H71NO7/c1-6-8-10-12-13-14-15-16-17-18-19-20-21-22-24-26-28-36(40)45-33(32-44-35(39)27-25-23-11-9-7-2)31-43-30-29-34(37(41)42)38(3,4)5/h33-34H,6-32H2,1-5H3. The molecule has 0 fully saturated rings. The summed E-state index contributed by atoms with van der Waals surface area (Å²) in [5.74, 6) is -1.74. The molecule has 0 radical (unpaired) electrons. The van der Waals surface area contributed by atoms with E-state index < -0.39 is 18.1 Å². The molecule has 2 unspecified atom stereocenters. The lowest BCUT2D eigenvalue weighted by Crippen LogP contribution is -2.55. The molecule has 0 saturated heterocycles. The van der Waals surface area contributed by atoms with Crippen LogP contribution in [0.3, 0.4) is 0 Å². The van der Waals surface area contributed by atoms with Gasteiger partial charge in [0.1, 0.15) is 12.6 Å². The van der Waals surface area contributed by atoms with Crippen molar-refractivity contribution in [2.24, 2.45) is 0 Å². The Morgan fingerprint density at radius 1 is 0.578 bits per heavy atom. The number of carboxylic acid groups (broad SMARTS) is 1. The normalized spacial score (nSPS) is 13.0. The number of nitrogens with zero attached hydrogens (tertiary/aromatic N) is 1. The van der Waals surface area contributed by atoms with Crippen LogP contribution in [0, 0.1) is 0 Å². The lowest BCUT2D eigenvalue weighted by Gasteiger charge is -2.34. The van der Waals surface area contributed by atoms with Crippen LogP contribution < -0.4 is 5.11 Å². The second-order valence-electron chi connectivity index (χ2n) is 13.8. The number of esters is 2. The maximum absolute atomic E-state index is 12.6. The molecule has 0 saturated carbocycles. The van der Waals surface area contributed by atoms with Gasteiger partial charge in [-0.25, -0.2) is 0 Å². The topological polar surface area (TPSA) is 102 Å². The molecule has 0 heterocycles. The minimum absolute atomic E-state index is 0.0470. The Morgan fingerprint density at radius 3 is 1.38 bits per heavy atom. The molecule has 2 atom stereocenters. The quantitative estimate of drug-likeness (QED) is 0.0411. The fourth-order valence-electron chi connectivity index (χ4n) is 5.54. The smallest absolute Gasteiger partial charge is 0.306 e. The average Bonchev–Trinajstić information content (AvgIpc) is 2.98. The number of carbonyl (C=O) groups excluding carboxylic acids is 3. The summed E-state index contributed by atoms with van der Waals surface area (Å²) in [7, 11) is 5.39. The van der Waals surface area contributed by atoms with Gasteiger partial charge < -0.3 is 28.6 Å². The van der Waals surface area contributed by atoms with Crippen LogP contribution >= 0.6 is 0 Å². The van der Waals surface area contributed by atoms with E-state index in [0.717, 1.165) is 51.4 Å². The third kappa shape index (κ3) is 28.3. The lowest BCUT2D eigenvalue weighted by atomic mass is 10.0. The molecule has 45 heavy (non-hydrogen) atoms. The van der Waals surface area contributed by atoms with Crippen LogP contribution in [0.1, 0.15) is 168 Å². The van der Waals surface area contributed by atoms with Gasteiger partial charge >= 0.3 is 11.9 Å². The number of quaternary nitrogens is 1. The highest BCUT2D eigenvalue weighted by Crippen LogP contribution is 2.15. The predicted octanol–water partition coefficient (Wildman–Crippen LogP) is 7.68. The van der Waals surface area contributed by atoms with Crippen molar-refractivity contribution in [2.45, 2.75) is 180 Å². The van der Waals surface area contributed by atoms with Crippen LogP contribution in [0.25, 0.3) is 0 Å². The summed E-state index contributed by atoms with van der Waals surface area (Å²) < 4.78 is 17.0. The zero-order valence-electron chi connectivity index (χ0n) is 30.1. The van der Waals surface area contributed by atoms with E-state index in [-0.39, 0.29) is 42.7 Å². The molecule has 8 heteroatoms. The molecular formula is C37H71NO7. The number of likely N-dealkylation sites (N-methyl/N-ethyl adjacent to an activating group) is 1. The number of rotatable bonds is 33. The molecule has 0 amide bonds. The molecule has 0 spiro atoms. The number of hydrogen-bond acceptors (Lipinski definition) is 7. The molecule has 0 aliphatic rings. The van der Waals surface area contributed by atoms with Crippen molar-refractivity contribution in [3.8, 4) is 0 Å². The maximum Gasteiger partial charge on any atom is 0.306 e. The highest BCUT2D eigenvalue weighted by atomic mass is 16.6. The van der Waals surface area contributed by atoms with Gasteiger partial charge in [-0.3, -0.25) is 9.59 Å². The summed E-state index contributed by atoms with van der Waals surface area (Å²) in [6.45, 7) is 4.58. The highest BCUT2D eigenvalue weighted by Gasteiger charge is 2.25. The second-order valence-corrected chi connectivity index (χ2v) is 13.8. The van der Waals surface area contributed by atoms with E-state index in [1.807, 2.05) is 0 Å². The van der Waals surface area contributed by atoms with E-state index >= 15 is 0 Å². The van der Waals surface area contributed by atoms with Crippen molar-refractivity contribution in [3.63, 3.8) is 0 Å². The Morgan fingerprint density at radius 2 is 0.978 bits per heavy atom. The first kappa shape index (κ1) is 43.3. The molecule has 8 nitrogen and oxygen atoms in total. The molecule has 0 N–H and O–H groups in total. The van der Waals surface area contributed by atoms with Gasteiger partial charge in [0.15, 0.2) is 6.10 Å². The fourth-order valence-corrected chi connectivity index (χ4v) is 5.54. The molecule has 0 aliphatic carbocycles. The predicted molar refractivity (Wildman–Crippen MR) is 181 cm³/mol. The molecule has 0 aromatic carbocycles. The minimum Gasteiger partial charge on any atom is -0.544 e. The summed E-state index contributed by atoms with van der Waals surface area (Å²) >= 11 is 0. The number of unbranched alkanes of at least 4 members (excludes halogenated alkanes) is 19. The summed E-state index contributed by atoms with van der Waals surface area (Å²) in [4.78, 5) is 36.3. The number of carbonyl (C=O) groups is 3. The highest BCUT2D eigenvalue weighted by molar-refractivity contribution is 5.70. The number of ether oxygens (including phenoxy) is 3. The van der Waals surface area contributed by atoms with Gasteiger partial charge in [-0.15, -0.1) is 0 Å². The monoisotopic (exact) mass is 642 g/mol. The van der Waals surface area contributed by atoms with Crippen LogP contribution in [0.15, 0.2) is 0 Å². The fraction of sp³-hybridized carbons (Fsp3) is 0.919. The van der Waals surface area contributed by atoms with Crippen molar-refractivity contribution in [3.05, 3.63) is 0 Å². The average molecular weight is 642 g/mol. The van der Waals surface area contributed by atoms with Crippen LogP contribution in [0.2, 0.25) is 0 Å². The molecule has 0 bridgehead atoms. The first-order valence-corrected chi connectivity index (χ1v) is 18.6. The lowest BCUT2D eigenvalue weighted by molar-refractivity contribution is -0.889. The van der Waals surface area contributed by atoms with E-state index in [1.54, 1.807) is 21.1 Å². The Labute approximate surface area is 276 Å². The first-order valence-electron chi connectivity index (χ1n) is 18.6. The summed E-state index contributed by atoms with van der Waals surface area (Å²) in [5, 5.41) is 11.5. The van der Waals surface area contributed by atoms with Gasteiger partial charge in [0.2, 0.25) is 0 Å². The number of aliphatic carboxylic acids is 1. The molecule has 266 valence electrons. The van der Waals surface area contributed by atoms with E-state index in [2.05, 4.69) is 13.8 Å². The molecule has 0 aliphatic heterocycles. The van der Waals surface area contributed by atoms with Crippen molar-refractivity contribution in [1.82, 2.24) is 0 Å². The first-order chi connectivity index (χ1) is 21.6. The van der Waals surface area contributed by atoms with Crippen molar-refractivity contribution in [2.75, 3.05) is 41.0 Å². The minimum atomic E-state index is -1.12. The van der Waals surface area contributed by atoms with Gasteiger partial charge in [0.05, 0.1) is 40.3 Å². The van der Waals surface area contributed by atoms with Crippen LogP contribution in [0.5, 0.6) is 0 Å². The van der Waals surface area contributed by atoms with E-state index in [1.165, 1.54) is 83.5 Å². The van der Waals surface area contributed by atoms with E-state index in [0.29, 0.717) is 12.8 Å². The van der Waals surface area contributed by atoms with Gasteiger partial charge in [-0.05, 0) is 12.8 Å². The van der Waals surface area contributed by atoms with Gasteiger partial charge in [0, 0.05) is 19.3 Å². The number of carboxylic acids is 1. The molecule has 0 aromatic rings. The van der Waals surface area contributed by atoms with Gasteiger partial charge in [-0.1, -0.05) is 136 Å². The Hall–Kier alpha value is -1.67. The molecule has 0 aromatic heterocycles. The van der Waals surface area contributed by atoms with E-state index in [9.17, 15) is 19.5 Å². The van der Waals surface area contributed by atoms with Gasteiger partial charge in [-0.2, -0.15) is 0 Å². The van der Waals surface area contributed by atoms with Crippen LogP contribution in [-0.4, -0.2) is 75.5 Å². The zero-order chi connectivity index (χ0) is 33.6. The summed E-state index contributed by atoms with van der Waals surface area (Å²) in [6.07, 6.45) is 25.8. The second kappa shape index (κ2) is 29.7. The van der Waals surface area contributed by atoms with Crippen LogP contribution in [-0.2, 0) is 28.6 Å². The zero-order valence-corrected chi connectivity index (χ0v) is 30.1. The summed E-state index contributed by atoms with van der Waals surface area (Å²) in [5.41, 5.74) is 0. The van der Waals surface area contributed by atoms with Gasteiger partial charge in [0.25, 0.3) is 0 Å². The Bertz CT molecular complexity index is 722. The molecule has 0 rings (SSSR count). The van der Waals surface area contributed by atoms with E-state index in [4.69, 9.17) is 14.2 Å². The van der Waals surface area contributed by atoms with Crippen molar-refractivity contribution >= 4 is 17.9 Å². The largest absolute Gasteiger partial charge is 0.544 e. The SMILES string of the molecule is CCCCCCCCCCCCCCCCCCC(=O)OC(COCCC(C(=O)[O-])[N+](C)(C)C)COC(=O)CCCCCCC. The summed E-state index contributed by atoms with van der Waals surface area (Å²) in [6, 6.07) is -0.716. The third-order valence-corrected chi connectivity index (χ3v) is 8.49. The van der Waals surface area contributed by atoms with Crippen molar-refractivity contribution in [1.29, 1.82) is 0 Å². The van der Waals surface area contributed by atoms with Crippen LogP contribution in [0.4, 0.5) is 0 Å². The van der Waals surface area contributed by atoms with Crippen molar-refractivity contribution < 1.29 is 38.2 Å².